The highest BCUT2D eigenvalue weighted by molar-refractivity contribution is 7.90. The van der Waals surface area contributed by atoms with Gasteiger partial charge in [0.1, 0.15) is 4.90 Å². The number of nitro groups is 1. The number of fused-ring (bicyclic) bond motifs is 1. The smallest absolute Gasteiger partial charge is 0.339 e. The Kier molecular flexibility index (Phi) is 5.52. The maximum Gasteiger partial charge on any atom is 0.339 e. The number of carbonyl (C=O) groups is 2. The molecule has 9 heteroatoms. The lowest BCUT2D eigenvalue weighted by atomic mass is 10.0. The number of ether oxygens (including phenoxy) is 1. The van der Waals surface area contributed by atoms with E-state index in [2.05, 4.69) is 0 Å². The number of hydrogen-bond acceptors (Lipinski definition) is 7. The number of esters is 1. The fourth-order valence-electron chi connectivity index (χ4n) is 3.34. The van der Waals surface area contributed by atoms with Gasteiger partial charge in [-0.2, -0.15) is 0 Å². The fraction of sp³-hybridized carbons (Fsp3) is 0.300. The van der Waals surface area contributed by atoms with Crippen LogP contribution < -0.4 is 0 Å². The van der Waals surface area contributed by atoms with Crippen molar-refractivity contribution in [3.05, 3.63) is 68.8 Å². The summed E-state index contributed by atoms with van der Waals surface area (Å²) in [5.41, 5.74) is 1.83. The Balaban J connectivity index is 1.80. The number of nitrogens with zero attached hydrogens (tertiary/aromatic N) is 1. The van der Waals surface area contributed by atoms with Crippen molar-refractivity contribution in [2.45, 2.75) is 37.2 Å². The number of nitro benzene ring substituents is 1. The minimum Gasteiger partial charge on any atom is -0.451 e. The molecule has 3 rings (SSSR count). The Hall–Kier alpha value is -3.07. The van der Waals surface area contributed by atoms with Gasteiger partial charge < -0.3 is 4.74 Å². The summed E-state index contributed by atoms with van der Waals surface area (Å²) < 4.78 is 28.5. The number of benzene rings is 2. The summed E-state index contributed by atoms with van der Waals surface area (Å²) in [6.07, 6.45) is 2.66. The Labute approximate surface area is 167 Å². The minimum atomic E-state index is -3.85. The zero-order valence-corrected chi connectivity index (χ0v) is 16.7. The fourth-order valence-corrected chi connectivity index (χ4v) is 4.17. The molecule has 0 saturated heterocycles. The Morgan fingerprint density at radius 1 is 1.07 bits per heavy atom. The van der Waals surface area contributed by atoms with Crippen LogP contribution in [-0.2, 0) is 27.4 Å². The highest BCUT2D eigenvalue weighted by Gasteiger charge is 2.26. The number of hydrogen-bond donors (Lipinski definition) is 0. The second-order valence-corrected chi connectivity index (χ2v) is 8.94. The Morgan fingerprint density at radius 2 is 1.72 bits per heavy atom. The molecule has 0 aromatic heterocycles. The van der Waals surface area contributed by atoms with Crippen LogP contribution in [-0.4, -0.2) is 37.5 Å². The van der Waals surface area contributed by atoms with Crippen LogP contribution in [0.1, 0.15) is 45.2 Å². The molecule has 0 aliphatic heterocycles. The van der Waals surface area contributed by atoms with Gasteiger partial charge in [0.25, 0.3) is 5.69 Å². The van der Waals surface area contributed by atoms with Crippen LogP contribution >= 0.6 is 0 Å². The first-order chi connectivity index (χ1) is 13.6. The molecule has 1 atom stereocenters. The highest BCUT2D eigenvalue weighted by Crippen LogP contribution is 2.26. The molecule has 2 aromatic rings. The van der Waals surface area contributed by atoms with E-state index in [1.807, 2.05) is 6.07 Å². The largest absolute Gasteiger partial charge is 0.451 e. The quantitative estimate of drug-likeness (QED) is 0.307. The first-order valence-corrected chi connectivity index (χ1v) is 10.8. The normalized spacial score (nSPS) is 14.1. The van der Waals surface area contributed by atoms with Gasteiger partial charge in [-0.25, -0.2) is 13.2 Å². The SMILES string of the molecule is CC(OC(=O)c1ccc(S(C)(=O)=O)c([N+](=O)[O-])c1)C(=O)c1ccc2c(c1)CCC2. The first-order valence-electron chi connectivity index (χ1n) is 8.93. The van der Waals surface area contributed by atoms with Gasteiger partial charge in [-0.1, -0.05) is 12.1 Å². The molecule has 1 aliphatic carbocycles. The third-order valence-corrected chi connectivity index (χ3v) is 5.97. The average Bonchev–Trinajstić information content (AvgIpc) is 3.13. The van der Waals surface area contributed by atoms with E-state index in [1.165, 1.54) is 12.5 Å². The second kappa shape index (κ2) is 7.75. The summed E-state index contributed by atoms with van der Waals surface area (Å²) in [5.74, 6) is -1.33. The van der Waals surface area contributed by atoms with E-state index in [4.69, 9.17) is 4.74 Å². The van der Waals surface area contributed by atoms with Gasteiger partial charge in [0.05, 0.1) is 10.5 Å². The van der Waals surface area contributed by atoms with E-state index in [-0.39, 0.29) is 11.3 Å². The van der Waals surface area contributed by atoms with Crippen molar-refractivity contribution in [3.8, 4) is 0 Å². The van der Waals surface area contributed by atoms with Crippen LogP contribution in [0.15, 0.2) is 41.3 Å². The third kappa shape index (κ3) is 4.34. The molecule has 0 bridgehead atoms. The van der Waals surface area contributed by atoms with E-state index < -0.39 is 37.4 Å². The number of Topliss-reactive ketones (excluding diaryl/α,β-unsaturated/α-hetero) is 1. The van der Waals surface area contributed by atoms with E-state index in [0.717, 1.165) is 49.3 Å². The van der Waals surface area contributed by atoms with Gasteiger partial charge in [-0.05, 0) is 55.5 Å². The lowest BCUT2D eigenvalue weighted by molar-refractivity contribution is -0.387. The van der Waals surface area contributed by atoms with E-state index in [0.29, 0.717) is 5.56 Å². The van der Waals surface area contributed by atoms with E-state index in [1.54, 1.807) is 12.1 Å². The van der Waals surface area contributed by atoms with Gasteiger partial charge in [0.15, 0.2) is 15.9 Å². The summed E-state index contributed by atoms with van der Waals surface area (Å²) in [4.78, 5) is 34.8. The van der Waals surface area contributed by atoms with Crippen LogP contribution in [0.4, 0.5) is 5.69 Å². The number of carbonyl (C=O) groups excluding carboxylic acids is 2. The number of aryl methyl sites for hydroxylation is 2. The summed E-state index contributed by atoms with van der Waals surface area (Å²) in [6, 6.07) is 8.35. The standard InChI is InChI=1S/C20H19NO7S/c1-12(19(22)15-7-6-13-4-3-5-14(13)10-15)28-20(23)16-8-9-18(29(2,26)27)17(11-16)21(24)25/h6-12H,3-5H2,1-2H3. The van der Waals surface area contributed by atoms with Crippen molar-refractivity contribution in [1.29, 1.82) is 0 Å². The molecule has 2 aromatic carbocycles. The van der Waals surface area contributed by atoms with Gasteiger partial charge in [-0.3, -0.25) is 14.9 Å². The topological polar surface area (TPSA) is 121 Å². The van der Waals surface area contributed by atoms with Gasteiger partial charge in [0, 0.05) is 17.9 Å². The predicted octanol–water partition coefficient (Wildman–Crippen LogP) is 2.92. The molecule has 1 aliphatic rings. The molecule has 0 saturated carbocycles. The molecule has 0 fully saturated rings. The summed E-state index contributed by atoms with van der Waals surface area (Å²) in [6.45, 7) is 1.42. The van der Waals surface area contributed by atoms with Gasteiger partial charge in [-0.15, -0.1) is 0 Å². The maximum absolute atomic E-state index is 12.6. The van der Waals surface area contributed by atoms with Crippen LogP contribution in [0.25, 0.3) is 0 Å². The molecule has 0 heterocycles. The predicted molar refractivity (Wildman–Crippen MR) is 104 cm³/mol. The van der Waals surface area contributed by atoms with Gasteiger partial charge in [0.2, 0.25) is 5.78 Å². The number of rotatable bonds is 6. The van der Waals surface area contributed by atoms with Gasteiger partial charge >= 0.3 is 5.97 Å². The molecular weight excluding hydrogens is 398 g/mol. The van der Waals surface area contributed by atoms with Crippen molar-refractivity contribution in [2.24, 2.45) is 0 Å². The molecule has 0 amide bonds. The zero-order chi connectivity index (χ0) is 21.3. The third-order valence-electron chi connectivity index (χ3n) is 4.83. The lowest BCUT2D eigenvalue weighted by Gasteiger charge is -2.13. The zero-order valence-electron chi connectivity index (χ0n) is 15.9. The van der Waals surface area contributed by atoms with Crippen molar-refractivity contribution < 1.29 is 27.7 Å². The molecule has 0 radical (unpaired) electrons. The van der Waals surface area contributed by atoms with E-state index >= 15 is 0 Å². The highest BCUT2D eigenvalue weighted by atomic mass is 32.2. The molecule has 29 heavy (non-hydrogen) atoms. The lowest BCUT2D eigenvalue weighted by Crippen LogP contribution is -2.24. The maximum atomic E-state index is 12.6. The summed E-state index contributed by atoms with van der Waals surface area (Å²) in [5, 5.41) is 11.2. The molecule has 152 valence electrons. The Bertz CT molecular complexity index is 1120. The first kappa shape index (κ1) is 20.7. The minimum absolute atomic E-state index is 0.210. The molecule has 1 unspecified atom stereocenters. The van der Waals surface area contributed by atoms with Crippen LogP contribution in [0.2, 0.25) is 0 Å². The number of ketones is 1. The van der Waals surface area contributed by atoms with Crippen molar-refractivity contribution >= 4 is 27.3 Å². The molecular formula is C20H19NO7S. The van der Waals surface area contributed by atoms with Crippen LogP contribution in [0.5, 0.6) is 0 Å². The van der Waals surface area contributed by atoms with Crippen molar-refractivity contribution in [2.75, 3.05) is 6.26 Å². The van der Waals surface area contributed by atoms with E-state index in [9.17, 15) is 28.1 Å². The summed E-state index contributed by atoms with van der Waals surface area (Å²) >= 11 is 0. The number of sulfone groups is 1. The van der Waals surface area contributed by atoms with Crippen molar-refractivity contribution in [1.82, 2.24) is 0 Å². The van der Waals surface area contributed by atoms with Crippen LogP contribution in [0.3, 0.4) is 0 Å². The molecule has 8 nitrogen and oxygen atoms in total. The van der Waals surface area contributed by atoms with Crippen molar-refractivity contribution in [3.63, 3.8) is 0 Å². The monoisotopic (exact) mass is 417 g/mol. The second-order valence-electron chi connectivity index (χ2n) is 6.96. The van der Waals surface area contributed by atoms with Crippen LogP contribution in [0, 0.1) is 10.1 Å². The average molecular weight is 417 g/mol. The summed E-state index contributed by atoms with van der Waals surface area (Å²) in [7, 11) is -3.85. The Morgan fingerprint density at radius 3 is 2.38 bits per heavy atom. The molecule has 0 N–H and O–H groups in total. The molecule has 0 spiro atoms.